The van der Waals surface area contributed by atoms with Gasteiger partial charge in [0.1, 0.15) is 0 Å². The van der Waals surface area contributed by atoms with Gasteiger partial charge in [-0.15, -0.1) is 0 Å². The molecule has 2 nitrogen and oxygen atoms in total. The first-order valence-corrected chi connectivity index (χ1v) is 4.05. The molecule has 3 N–H and O–H groups in total. The smallest absolute Gasteiger partial charge is 0.0820 e. The van der Waals surface area contributed by atoms with Crippen molar-refractivity contribution in [1.29, 1.82) is 0 Å². The van der Waals surface area contributed by atoms with E-state index >= 15 is 0 Å². The zero-order chi connectivity index (χ0) is 7.78. The summed E-state index contributed by atoms with van der Waals surface area (Å²) in [6.45, 7) is 4.07. The molecule has 1 aliphatic rings. The van der Waals surface area contributed by atoms with Crippen LogP contribution in [0.4, 0.5) is 0 Å². The van der Waals surface area contributed by atoms with Crippen LogP contribution in [0.5, 0.6) is 0 Å². The van der Waals surface area contributed by atoms with E-state index in [1.165, 1.54) is 0 Å². The fourth-order valence-electron chi connectivity index (χ4n) is 1.76. The molecule has 1 rings (SSSR count). The minimum absolute atomic E-state index is 0.00694. The van der Waals surface area contributed by atoms with Crippen molar-refractivity contribution in [2.24, 2.45) is 11.7 Å². The van der Waals surface area contributed by atoms with Crippen molar-refractivity contribution in [2.75, 3.05) is 0 Å². The van der Waals surface area contributed by atoms with E-state index in [9.17, 15) is 5.11 Å². The fourth-order valence-corrected chi connectivity index (χ4v) is 1.76. The van der Waals surface area contributed by atoms with Crippen molar-refractivity contribution < 1.29 is 5.11 Å². The molecule has 0 bridgehead atoms. The molecule has 0 aromatic carbocycles. The van der Waals surface area contributed by atoms with Crippen LogP contribution in [0.3, 0.4) is 0 Å². The first kappa shape index (κ1) is 8.02. The standard InChI is InChI=1S/C8H17NO/c1-6(2)8(10)5-3-4-7(8)9/h6-7,10H,3-5,9H2,1-2H3/t7-,8+/m1/s1. The van der Waals surface area contributed by atoms with Crippen molar-refractivity contribution in [2.45, 2.75) is 44.8 Å². The summed E-state index contributed by atoms with van der Waals surface area (Å²) in [7, 11) is 0. The Bertz CT molecular complexity index is 124. The Balaban J connectivity index is 2.66. The molecule has 0 spiro atoms. The van der Waals surface area contributed by atoms with Gasteiger partial charge in [-0.3, -0.25) is 0 Å². The molecule has 2 atom stereocenters. The van der Waals surface area contributed by atoms with E-state index in [0.717, 1.165) is 19.3 Å². The number of aliphatic hydroxyl groups is 1. The largest absolute Gasteiger partial charge is 0.388 e. The highest BCUT2D eigenvalue weighted by molar-refractivity contribution is 4.97. The maximum absolute atomic E-state index is 9.91. The maximum Gasteiger partial charge on any atom is 0.0820 e. The van der Waals surface area contributed by atoms with Gasteiger partial charge in [-0.25, -0.2) is 0 Å². The van der Waals surface area contributed by atoms with Crippen molar-refractivity contribution in [3.05, 3.63) is 0 Å². The van der Waals surface area contributed by atoms with Crippen LogP contribution in [-0.4, -0.2) is 16.7 Å². The number of rotatable bonds is 1. The van der Waals surface area contributed by atoms with E-state index in [4.69, 9.17) is 5.73 Å². The van der Waals surface area contributed by atoms with Crippen LogP contribution < -0.4 is 5.73 Å². The highest BCUT2D eigenvalue weighted by atomic mass is 16.3. The van der Waals surface area contributed by atoms with E-state index in [1.54, 1.807) is 0 Å². The molecular weight excluding hydrogens is 126 g/mol. The van der Waals surface area contributed by atoms with Gasteiger partial charge >= 0.3 is 0 Å². The zero-order valence-corrected chi connectivity index (χ0v) is 6.80. The Morgan fingerprint density at radius 1 is 1.60 bits per heavy atom. The molecule has 0 aliphatic heterocycles. The molecule has 10 heavy (non-hydrogen) atoms. The summed E-state index contributed by atoms with van der Waals surface area (Å²) in [5.41, 5.74) is 5.19. The maximum atomic E-state index is 9.91. The summed E-state index contributed by atoms with van der Waals surface area (Å²) in [5.74, 6) is 0.296. The summed E-state index contributed by atoms with van der Waals surface area (Å²) < 4.78 is 0. The van der Waals surface area contributed by atoms with Crippen LogP contribution in [0.25, 0.3) is 0 Å². The van der Waals surface area contributed by atoms with Crippen molar-refractivity contribution in [1.82, 2.24) is 0 Å². The summed E-state index contributed by atoms with van der Waals surface area (Å²) in [4.78, 5) is 0. The quantitative estimate of drug-likeness (QED) is 0.572. The summed E-state index contributed by atoms with van der Waals surface area (Å²) in [5, 5.41) is 9.91. The van der Waals surface area contributed by atoms with E-state index in [0.29, 0.717) is 5.92 Å². The Hall–Kier alpha value is -0.0800. The molecule has 60 valence electrons. The lowest BCUT2D eigenvalue weighted by Crippen LogP contribution is -2.47. The minimum Gasteiger partial charge on any atom is -0.388 e. The minimum atomic E-state index is -0.569. The van der Waals surface area contributed by atoms with Crippen LogP contribution in [0.1, 0.15) is 33.1 Å². The molecule has 0 radical (unpaired) electrons. The highest BCUT2D eigenvalue weighted by Crippen LogP contribution is 2.34. The predicted molar refractivity (Wildman–Crippen MR) is 41.6 cm³/mol. The third-order valence-corrected chi connectivity index (χ3v) is 2.73. The van der Waals surface area contributed by atoms with Gasteiger partial charge in [-0.1, -0.05) is 13.8 Å². The average Bonchev–Trinajstić information content (AvgIpc) is 2.15. The van der Waals surface area contributed by atoms with Gasteiger partial charge in [0, 0.05) is 6.04 Å². The zero-order valence-electron chi connectivity index (χ0n) is 6.80. The summed E-state index contributed by atoms with van der Waals surface area (Å²) in [6, 6.07) is 0.00694. The lowest BCUT2D eigenvalue weighted by atomic mass is 9.86. The van der Waals surface area contributed by atoms with E-state index in [2.05, 4.69) is 0 Å². The Morgan fingerprint density at radius 2 is 2.20 bits per heavy atom. The van der Waals surface area contributed by atoms with Crippen LogP contribution in [-0.2, 0) is 0 Å². The van der Waals surface area contributed by atoms with E-state index < -0.39 is 5.60 Å². The van der Waals surface area contributed by atoms with Gasteiger partial charge in [0.05, 0.1) is 5.60 Å². The van der Waals surface area contributed by atoms with Crippen LogP contribution in [0.15, 0.2) is 0 Å². The second kappa shape index (κ2) is 2.51. The number of nitrogens with two attached hydrogens (primary N) is 1. The molecule has 1 aliphatic carbocycles. The van der Waals surface area contributed by atoms with Gasteiger partial charge in [0.25, 0.3) is 0 Å². The van der Waals surface area contributed by atoms with Gasteiger partial charge in [-0.2, -0.15) is 0 Å². The number of hydrogen-bond acceptors (Lipinski definition) is 2. The van der Waals surface area contributed by atoms with Gasteiger partial charge in [0.2, 0.25) is 0 Å². The molecule has 0 unspecified atom stereocenters. The van der Waals surface area contributed by atoms with Crippen LogP contribution in [0.2, 0.25) is 0 Å². The highest BCUT2D eigenvalue weighted by Gasteiger charge is 2.41. The first-order chi connectivity index (χ1) is 4.57. The molecule has 2 heteroatoms. The number of hydrogen-bond donors (Lipinski definition) is 2. The van der Waals surface area contributed by atoms with Crippen molar-refractivity contribution >= 4 is 0 Å². The lowest BCUT2D eigenvalue weighted by molar-refractivity contribution is -0.0120. The Morgan fingerprint density at radius 3 is 2.40 bits per heavy atom. The first-order valence-electron chi connectivity index (χ1n) is 4.05. The molecule has 0 heterocycles. The van der Waals surface area contributed by atoms with Gasteiger partial charge in [-0.05, 0) is 25.2 Å². The van der Waals surface area contributed by atoms with E-state index in [1.807, 2.05) is 13.8 Å². The van der Waals surface area contributed by atoms with Gasteiger partial charge in [0.15, 0.2) is 0 Å². The second-order valence-electron chi connectivity index (χ2n) is 3.64. The van der Waals surface area contributed by atoms with Crippen molar-refractivity contribution in [3.8, 4) is 0 Å². The van der Waals surface area contributed by atoms with Crippen LogP contribution >= 0.6 is 0 Å². The third kappa shape index (κ3) is 1.06. The lowest BCUT2D eigenvalue weighted by Gasteiger charge is -2.31. The molecular formula is C8H17NO. The monoisotopic (exact) mass is 143 g/mol. The second-order valence-corrected chi connectivity index (χ2v) is 3.64. The topological polar surface area (TPSA) is 46.2 Å². The van der Waals surface area contributed by atoms with Crippen molar-refractivity contribution in [3.63, 3.8) is 0 Å². The summed E-state index contributed by atoms with van der Waals surface area (Å²) >= 11 is 0. The fraction of sp³-hybridized carbons (Fsp3) is 1.00. The normalized spacial score (nSPS) is 41.1. The molecule has 0 saturated heterocycles. The molecule has 0 amide bonds. The van der Waals surface area contributed by atoms with Gasteiger partial charge < -0.3 is 10.8 Å². The Kier molecular flexibility index (Phi) is 2.02. The molecule has 1 fully saturated rings. The molecule has 0 aromatic rings. The molecule has 1 saturated carbocycles. The third-order valence-electron chi connectivity index (χ3n) is 2.73. The van der Waals surface area contributed by atoms with Crippen LogP contribution in [0, 0.1) is 5.92 Å². The SMILES string of the molecule is CC(C)[C@@]1(O)CCC[C@H]1N. The van der Waals surface area contributed by atoms with E-state index in [-0.39, 0.29) is 6.04 Å². The summed E-state index contributed by atoms with van der Waals surface area (Å²) in [6.07, 6.45) is 2.94. The predicted octanol–water partition coefficient (Wildman–Crippen LogP) is 0.885. The average molecular weight is 143 g/mol. The molecule has 0 aromatic heterocycles. The Labute approximate surface area is 62.4 Å².